The summed E-state index contributed by atoms with van der Waals surface area (Å²) < 4.78 is 31.9. The molecule has 2 heterocycles. The lowest BCUT2D eigenvalue weighted by Gasteiger charge is -2.18. The van der Waals surface area contributed by atoms with E-state index in [1.54, 1.807) is 13.0 Å². The van der Waals surface area contributed by atoms with Crippen molar-refractivity contribution in [1.29, 1.82) is 0 Å². The van der Waals surface area contributed by atoms with Gasteiger partial charge in [-0.05, 0) is 24.6 Å². The third-order valence-corrected chi connectivity index (χ3v) is 3.01. The van der Waals surface area contributed by atoms with Gasteiger partial charge in [-0.2, -0.15) is 5.10 Å². The van der Waals surface area contributed by atoms with Crippen LogP contribution in [-0.4, -0.2) is 46.0 Å². The van der Waals surface area contributed by atoms with Gasteiger partial charge in [-0.15, -0.1) is 10.2 Å². The molecule has 0 spiro atoms. The number of methoxy groups -OCH3 is 1. The summed E-state index contributed by atoms with van der Waals surface area (Å²) in [5, 5.41) is 14.1. The molecule has 0 aliphatic rings. The fraction of sp³-hybridized carbons (Fsp3) is 0.385. The van der Waals surface area contributed by atoms with Crippen LogP contribution in [0.1, 0.15) is 22.1 Å². The standard InChI is InChI=1S/C13H15F2N5O2/c1-8-6-9(13(21)22-2)18-19-12(8)16-7-10(11(14)15)20-5-3-4-17-20/h3-6,10-11H,7H2,1-2H3,(H,16,19). The minimum absolute atomic E-state index is 0.0584. The first kappa shape index (κ1) is 15.8. The zero-order valence-corrected chi connectivity index (χ0v) is 12.0. The molecule has 2 aromatic heterocycles. The van der Waals surface area contributed by atoms with Crippen LogP contribution in [0.25, 0.3) is 0 Å². The van der Waals surface area contributed by atoms with E-state index in [2.05, 4.69) is 25.3 Å². The highest BCUT2D eigenvalue weighted by molar-refractivity contribution is 5.87. The molecule has 0 aliphatic heterocycles. The Labute approximate surface area is 125 Å². The molecular formula is C13H15F2N5O2. The molecule has 7 nitrogen and oxygen atoms in total. The van der Waals surface area contributed by atoms with E-state index in [9.17, 15) is 13.6 Å². The predicted molar refractivity (Wildman–Crippen MR) is 73.9 cm³/mol. The van der Waals surface area contributed by atoms with Crippen molar-refractivity contribution in [2.75, 3.05) is 19.0 Å². The molecule has 2 rings (SSSR count). The number of halogens is 2. The Morgan fingerprint density at radius 1 is 1.45 bits per heavy atom. The summed E-state index contributed by atoms with van der Waals surface area (Å²) in [6.07, 6.45) is 0.318. The first-order valence-electron chi connectivity index (χ1n) is 6.46. The van der Waals surface area contributed by atoms with Gasteiger partial charge in [-0.1, -0.05) is 0 Å². The number of anilines is 1. The summed E-state index contributed by atoms with van der Waals surface area (Å²) in [5.74, 6) is -0.283. The first-order valence-corrected chi connectivity index (χ1v) is 6.46. The fourth-order valence-electron chi connectivity index (χ4n) is 1.84. The number of carbonyl (C=O) groups is 1. The van der Waals surface area contributed by atoms with Gasteiger partial charge in [0.2, 0.25) is 0 Å². The molecule has 0 fully saturated rings. The molecule has 1 unspecified atom stereocenters. The third-order valence-electron chi connectivity index (χ3n) is 3.01. The zero-order chi connectivity index (χ0) is 16.1. The highest BCUT2D eigenvalue weighted by atomic mass is 19.3. The monoisotopic (exact) mass is 311 g/mol. The lowest BCUT2D eigenvalue weighted by molar-refractivity contribution is 0.0592. The maximum Gasteiger partial charge on any atom is 0.358 e. The van der Waals surface area contributed by atoms with E-state index >= 15 is 0 Å². The van der Waals surface area contributed by atoms with E-state index < -0.39 is 18.4 Å². The van der Waals surface area contributed by atoms with Crippen LogP contribution < -0.4 is 5.32 Å². The molecule has 1 atom stereocenters. The number of aromatic nitrogens is 4. The van der Waals surface area contributed by atoms with Crippen LogP contribution in [0.3, 0.4) is 0 Å². The molecule has 0 saturated carbocycles. The Bertz CT molecular complexity index is 633. The second-order valence-corrected chi connectivity index (χ2v) is 4.52. The Kier molecular flexibility index (Phi) is 4.97. The number of rotatable bonds is 6. The summed E-state index contributed by atoms with van der Waals surface area (Å²) >= 11 is 0. The smallest absolute Gasteiger partial charge is 0.358 e. The Hall–Kier alpha value is -2.58. The average Bonchev–Trinajstić information content (AvgIpc) is 3.01. The van der Waals surface area contributed by atoms with Crippen LogP contribution in [0.5, 0.6) is 0 Å². The quantitative estimate of drug-likeness (QED) is 0.818. The minimum atomic E-state index is -2.59. The van der Waals surface area contributed by atoms with Gasteiger partial charge >= 0.3 is 5.97 Å². The van der Waals surface area contributed by atoms with E-state index in [1.165, 1.54) is 30.3 Å². The van der Waals surface area contributed by atoms with Gasteiger partial charge in [0.1, 0.15) is 6.04 Å². The highest BCUT2D eigenvalue weighted by Gasteiger charge is 2.23. The summed E-state index contributed by atoms with van der Waals surface area (Å²) in [5.41, 5.74) is 0.659. The van der Waals surface area contributed by atoms with E-state index in [4.69, 9.17) is 0 Å². The third kappa shape index (κ3) is 3.54. The second-order valence-electron chi connectivity index (χ2n) is 4.52. The van der Waals surface area contributed by atoms with Gasteiger partial charge in [-0.3, -0.25) is 4.68 Å². The van der Waals surface area contributed by atoms with E-state index in [0.29, 0.717) is 11.4 Å². The van der Waals surface area contributed by atoms with Gasteiger partial charge in [0.25, 0.3) is 6.43 Å². The topological polar surface area (TPSA) is 81.9 Å². The number of nitrogens with one attached hydrogen (secondary N) is 1. The van der Waals surface area contributed by atoms with Crippen LogP contribution >= 0.6 is 0 Å². The maximum absolute atomic E-state index is 13.1. The molecule has 0 aliphatic carbocycles. The summed E-state index contributed by atoms with van der Waals surface area (Å²) in [6.45, 7) is 1.61. The van der Waals surface area contributed by atoms with Gasteiger partial charge in [0, 0.05) is 18.9 Å². The average molecular weight is 311 g/mol. The van der Waals surface area contributed by atoms with Crippen molar-refractivity contribution in [3.63, 3.8) is 0 Å². The summed E-state index contributed by atoms with van der Waals surface area (Å²) in [4.78, 5) is 11.3. The van der Waals surface area contributed by atoms with Gasteiger partial charge in [0.15, 0.2) is 11.5 Å². The van der Waals surface area contributed by atoms with Crippen molar-refractivity contribution in [2.45, 2.75) is 19.4 Å². The molecule has 0 amide bonds. The Morgan fingerprint density at radius 2 is 2.23 bits per heavy atom. The molecule has 0 bridgehead atoms. The molecule has 9 heteroatoms. The number of esters is 1. The minimum Gasteiger partial charge on any atom is -0.464 e. The van der Waals surface area contributed by atoms with Crippen LogP contribution in [0.2, 0.25) is 0 Å². The molecule has 0 saturated heterocycles. The van der Waals surface area contributed by atoms with Crippen molar-refractivity contribution < 1.29 is 18.3 Å². The van der Waals surface area contributed by atoms with Crippen molar-refractivity contribution in [2.24, 2.45) is 0 Å². The number of hydrogen-bond acceptors (Lipinski definition) is 6. The molecule has 118 valence electrons. The van der Waals surface area contributed by atoms with Crippen LogP contribution in [0.4, 0.5) is 14.6 Å². The van der Waals surface area contributed by atoms with Crippen molar-refractivity contribution >= 4 is 11.8 Å². The molecule has 0 aromatic carbocycles. The van der Waals surface area contributed by atoms with Crippen molar-refractivity contribution in [3.05, 3.63) is 35.8 Å². The van der Waals surface area contributed by atoms with Crippen LogP contribution in [0.15, 0.2) is 24.5 Å². The van der Waals surface area contributed by atoms with E-state index in [-0.39, 0.29) is 12.2 Å². The molecule has 2 aromatic rings. The number of hydrogen-bond donors (Lipinski definition) is 1. The SMILES string of the molecule is COC(=O)c1cc(C)c(NCC(C(F)F)n2cccn2)nn1. The number of alkyl halides is 2. The van der Waals surface area contributed by atoms with Crippen LogP contribution in [-0.2, 0) is 4.74 Å². The summed E-state index contributed by atoms with van der Waals surface area (Å²) in [6, 6.07) is 1.93. The zero-order valence-electron chi connectivity index (χ0n) is 12.0. The predicted octanol–water partition coefficient (Wildman–Crippen LogP) is 1.69. The Balaban J connectivity index is 2.09. The molecule has 1 N–H and O–H groups in total. The van der Waals surface area contributed by atoms with E-state index in [1.807, 2.05) is 0 Å². The molecule has 22 heavy (non-hydrogen) atoms. The van der Waals surface area contributed by atoms with Gasteiger partial charge in [-0.25, -0.2) is 13.6 Å². The maximum atomic E-state index is 13.1. The van der Waals surface area contributed by atoms with Crippen molar-refractivity contribution in [1.82, 2.24) is 20.0 Å². The number of nitrogens with zero attached hydrogens (tertiary/aromatic N) is 4. The Morgan fingerprint density at radius 3 is 2.77 bits per heavy atom. The fourth-order valence-corrected chi connectivity index (χ4v) is 1.84. The van der Waals surface area contributed by atoms with Crippen molar-refractivity contribution in [3.8, 4) is 0 Å². The second kappa shape index (κ2) is 6.92. The lowest BCUT2D eigenvalue weighted by atomic mass is 10.2. The first-order chi connectivity index (χ1) is 10.5. The molecular weight excluding hydrogens is 296 g/mol. The highest BCUT2D eigenvalue weighted by Crippen LogP contribution is 2.18. The summed E-state index contributed by atoms with van der Waals surface area (Å²) in [7, 11) is 1.24. The largest absolute Gasteiger partial charge is 0.464 e. The van der Waals surface area contributed by atoms with Crippen LogP contribution in [0, 0.1) is 6.92 Å². The van der Waals surface area contributed by atoms with E-state index in [0.717, 1.165) is 0 Å². The number of ether oxygens (including phenoxy) is 1. The number of carbonyl (C=O) groups excluding carboxylic acids is 1. The van der Waals surface area contributed by atoms with Gasteiger partial charge in [0.05, 0.1) is 7.11 Å². The molecule has 0 radical (unpaired) electrons. The lowest BCUT2D eigenvalue weighted by Crippen LogP contribution is -2.26. The van der Waals surface area contributed by atoms with Gasteiger partial charge < -0.3 is 10.1 Å². The normalized spacial score (nSPS) is 12.2. The number of aryl methyl sites for hydroxylation is 1.